The standard InChI is InChI=1S/C25H30Cl2N2O3/c1-17(25(31)28-19-7-4-3-5-8-19)29(16-18-11-13-20(32-2)14-12-18)24(30)15-21-22(26)9-6-10-23(21)27/h6,9-14,17,19H,3-5,7-8,15-16H2,1-2H3,(H,28,31). The van der Waals surface area contributed by atoms with Crippen molar-refractivity contribution in [2.24, 2.45) is 0 Å². The van der Waals surface area contributed by atoms with Gasteiger partial charge in [-0.15, -0.1) is 0 Å². The van der Waals surface area contributed by atoms with Gasteiger partial charge in [-0.25, -0.2) is 0 Å². The lowest BCUT2D eigenvalue weighted by molar-refractivity contribution is -0.140. The average Bonchev–Trinajstić information content (AvgIpc) is 2.80. The normalized spacial score (nSPS) is 15.1. The summed E-state index contributed by atoms with van der Waals surface area (Å²) < 4.78 is 5.22. The topological polar surface area (TPSA) is 58.6 Å². The van der Waals surface area contributed by atoms with E-state index in [1.54, 1.807) is 37.1 Å². The lowest BCUT2D eigenvalue weighted by Gasteiger charge is -2.31. The Morgan fingerprint density at radius 3 is 2.28 bits per heavy atom. The number of ether oxygens (including phenoxy) is 1. The van der Waals surface area contributed by atoms with Crippen LogP contribution in [-0.4, -0.2) is 35.9 Å². The van der Waals surface area contributed by atoms with E-state index >= 15 is 0 Å². The van der Waals surface area contributed by atoms with Crippen molar-refractivity contribution in [3.8, 4) is 5.75 Å². The SMILES string of the molecule is COc1ccc(CN(C(=O)Cc2c(Cl)cccc2Cl)C(C)C(=O)NC2CCCCC2)cc1. The number of methoxy groups -OCH3 is 1. The molecule has 0 bridgehead atoms. The maximum atomic E-state index is 13.4. The fraction of sp³-hybridized carbons (Fsp3) is 0.440. The van der Waals surface area contributed by atoms with Crippen LogP contribution >= 0.6 is 23.2 Å². The maximum Gasteiger partial charge on any atom is 0.242 e. The molecular formula is C25H30Cl2N2O3. The molecule has 5 nitrogen and oxygen atoms in total. The molecule has 32 heavy (non-hydrogen) atoms. The van der Waals surface area contributed by atoms with Crippen LogP contribution in [0.4, 0.5) is 0 Å². The highest BCUT2D eigenvalue weighted by Crippen LogP contribution is 2.26. The van der Waals surface area contributed by atoms with Crippen molar-refractivity contribution in [2.45, 2.75) is 64.1 Å². The third kappa shape index (κ3) is 6.39. The molecule has 1 saturated carbocycles. The molecular weight excluding hydrogens is 447 g/mol. The van der Waals surface area contributed by atoms with Gasteiger partial charge in [0, 0.05) is 22.6 Å². The minimum atomic E-state index is -0.632. The summed E-state index contributed by atoms with van der Waals surface area (Å²) in [4.78, 5) is 28.0. The molecule has 2 amide bonds. The van der Waals surface area contributed by atoms with E-state index in [0.717, 1.165) is 37.0 Å². The fourth-order valence-corrected chi connectivity index (χ4v) is 4.56. The van der Waals surface area contributed by atoms with Crippen molar-refractivity contribution in [1.29, 1.82) is 0 Å². The Morgan fingerprint density at radius 1 is 1.06 bits per heavy atom. The molecule has 0 aromatic heterocycles. The quantitative estimate of drug-likeness (QED) is 0.553. The fourth-order valence-electron chi connectivity index (χ4n) is 4.03. The molecule has 7 heteroatoms. The third-order valence-electron chi connectivity index (χ3n) is 6.02. The third-order valence-corrected chi connectivity index (χ3v) is 6.73. The first-order valence-electron chi connectivity index (χ1n) is 11.0. The van der Waals surface area contributed by atoms with E-state index in [0.29, 0.717) is 22.2 Å². The van der Waals surface area contributed by atoms with Gasteiger partial charge in [0.25, 0.3) is 0 Å². The van der Waals surface area contributed by atoms with Gasteiger partial charge in [-0.3, -0.25) is 9.59 Å². The molecule has 3 rings (SSSR count). The van der Waals surface area contributed by atoms with Crippen LogP contribution in [0.3, 0.4) is 0 Å². The number of carbonyl (C=O) groups is 2. The highest BCUT2D eigenvalue weighted by atomic mass is 35.5. The smallest absolute Gasteiger partial charge is 0.242 e. The highest BCUT2D eigenvalue weighted by Gasteiger charge is 2.29. The molecule has 0 aliphatic heterocycles. The molecule has 1 N–H and O–H groups in total. The summed E-state index contributed by atoms with van der Waals surface area (Å²) in [6, 6.07) is 12.2. The highest BCUT2D eigenvalue weighted by molar-refractivity contribution is 6.36. The summed E-state index contributed by atoms with van der Waals surface area (Å²) in [5.74, 6) is 0.392. The maximum absolute atomic E-state index is 13.4. The number of nitrogens with zero attached hydrogens (tertiary/aromatic N) is 1. The lowest BCUT2D eigenvalue weighted by Crippen LogP contribution is -2.50. The van der Waals surface area contributed by atoms with E-state index in [4.69, 9.17) is 27.9 Å². The molecule has 1 unspecified atom stereocenters. The van der Waals surface area contributed by atoms with Crippen molar-refractivity contribution >= 4 is 35.0 Å². The van der Waals surface area contributed by atoms with Crippen molar-refractivity contribution < 1.29 is 14.3 Å². The molecule has 0 heterocycles. The van der Waals surface area contributed by atoms with E-state index in [1.165, 1.54) is 6.42 Å². The van der Waals surface area contributed by atoms with Gasteiger partial charge in [0.15, 0.2) is 0 Å². The number of hydrogen-bond acceptors (Lipinski definition) is 3. The molecule has 0 radical (unpaired) electrons. The summed E-state index contributed by atoms with van der Waals surface area (Å²) in [7, 11) is 1.61. The van der Waals surface area contributed by atoms with Crippen molar-refractivity contribution in [3.05, 3.63) is 63.6 Å². The van der Waals surface area contributed by atoms with Crippen LogP contribution in [0, 0.1) is 0 Å². The molecule has 0 saturated heterocycles. The predicted octanol–water partition coefficient (Wildman–Crippen LogP) is 5.41. The van der Waals surface area contributed by atoms with Gasteiger partial charge in [-0.2, -0.15) is 0 Å². The zero-order chi connectivity index (χ0) is 23.1. The van der Waals surface area contributed by atoms with Crippen LogP contribution < -0.4 is 10.1 Å². The van der Waals surface area contributed by atoms with Crippen molar-refractivity contribution in [2.75, 3.05) is 7.11 Å². The van der Waals surface area contributed by atoms with Crippen LogP contribution in [-0.2, 0) is 22.6 Å². The molecule has 172 valence electrons. The Bertz CT molecular complexity index is 907. The second kappa shape index (κ2) is 11.6. The van der Waals surface area contributed by atoms with Crippen LogP contribution in [0.2, 0.25) is 10.0 Å². The molecule has 0 spiro atoms. The van der Waals surface area contributed by atoms with E-state index < -0.39 is 6.04 Å². The van der Waals surface area contributed by atoms with E-state index in [2.05, 4.69) is 5.32 Å². The van der Waals surface area contributed by atoms with E-state index in [-0.39, 0.29) is 24.3 Å². The number of benzene rings is 2. The summed E-state index contributed by atoms with van der Waals surface area (Å²) in [6.07, 6.45) is 5.45. The van der Waals surface area contributed by atoms with Crippen LogP contribution in [0.5, 0.6) is 5.75 Å². The Hall–Kier alpha value is -2.24. The summed E-state index contributed by atoms with van der Waals surface area (Å²) in [5.41, 5.74) is 1.47. The predicted molar refractivity (Wildman–Crippen MR) is 128 cm³/mol. The Morgan fingerprint density at radius 2 is 1.69 bits per heavy atom. The zero-order valence-corrected chi connectivity index (χ0v) is 20.1. The second-order valence-corrected chi connectivity index (χ2v) is 9.08. The van der Waals surface area contributed by atoms with Crippen molar-refractivity contribution in [3.63, 3.8) is 0 Å². The number of carbonyl (C=O) groups excluding carboxylic acids is 2. The largest absolute Gasteiger partial charge is 0.497 e. The van der Waals surface area contributed by atoms with E-state index in [9.17, 15) is 9.59 Å². The number of hydrogen-bond donors (Lipinski definition) is 1. The summed E-state index contributed by atoms with van der Waals surface area (Å²) in [6.45, 7) is 2.07. The van der Waals surface area contributed by atoms with Gasteiger partial charge in [0.05, 0.1) is 13.5 Å². The van der Waals surface area contributed by atoms with Crippen LogP contribution in [0.15, 0.2) is 42.5 Å². The minimum Gasteiger partial charge on any atom is -0.497 e. The first kappa shape index (κ1) is 24.4. The number of rotatable bonds is 8. The lowest BCUT2D eigenvalue weighted by atomic mass is 9.95. The number of amides is 2. The van der Waals surface area contributed by atoms with Gasteiger partial charge < -0.3 is 15.0 Å². The first-order chi connectivity index (χ1) is 15.4. The zero-order valence-electron chi connectivity index (χ0n) is 18.6. The average molecular weight is 477 g/mol. The molecule has 1 aliphatic carbocycles. The Kier molecular flexibility index (Phi) is 8.83. The number of halogens is 2. The Labute approximate surface area is 200 Å². The molecule has 2 aromatic carbocycles. The van der Waals surface area contributed by atoms with Gasteiger partial charge in [-0.1, -0.05) is 60.7 Å². The van der Waals surface area contributed by atoms with Crippen LogP contribution in [0.25, 0.3) is 0 Å². The van der Waals surface area contributed by atoms with Crippen LogP contribution in [0.1, 0.15) is 50.2 Å². The monoisotopic (exact) mass is 476 g/mol. The second-order valence-electron chi connectivity index (χ2n) is 8.27. The first-order valence-corrected chi connectivity index (χ1v) is 11.8. The summed E-state index contributed by atoms with van der Waals surface area (Å²) >= 11 is 12.6. The molecule has 1 fully saturated rings. The van der Waals surface area contributed by atoms with Gasteiger partial charge in [0.1, 0.15) is 11.8 Å². The molecule has 2 aromatic rings. The molecule has 1 atom stereocenters. The van der Waals surface area contributed by atoms with Crippen molar-refractivity contribution in [1.82, 2.24) is 10.2 Å². The number of nitrogens with one attached hydrogen (secondary N) is 1. The summed E-state index contributed by atoms with van der Waals surface area (Å²) in [5, 5.41) is 4.02. The van der Waals surface area contributed by atoms with Gasteiger partial charge in [0.2, 0.25) is 11.8 Å². The minimum absolute atomic E-state index is 0.0235. The van der Waals surface area contributed by atoms with Gasteiger partial charge >= 0.3 is 0 Å². The molecule has 1 aliphatic rings. The van der Waals surface area contributed by atoms with Gasteiger partial charge in [-0.05, 0) is 55.2 Å². The Balaban J connectivity index is 1.80. The van der Waals surface area contributed by atoms with E-state index in [1.807, 2.05) is 24.3 Å².